The van der Waals surface area contributed by atoms with Gasteiger partial charge in [0.05, 0.1) is 39.5 Å². The molecule has 3 fully saturated rings. The molecule has 2 aromatic rings. The van der Waals surface area contributed by atoms with Gasteiger partial charge in [0.15, 0.2) is 35.6 Å². The number of phenolic OH excluding ortho intramolecular Hbond substituents is 1. The molecule has 10 atom stereocenters. The standard InChI is InChI=1S/C30H34O13/c1-4-21-37-10-20-28(42-21)25(32)26(33)30(41-20)43-27-14-8-17-16(39-11-40-17)7-13(14)22(23-15(27)9-38-29(23)34)12-5-18(35-2)24(31)19(6-12)36-3/h5-8,15,20-23,25-28,30-33H,4,9-11H2,1-3H3/t15-,20+,21+,22+,23-,25+,26+,27+,28+,30-/m0/s1. The molecule has 232 valence electrons. The average Bonchev–Trinajstić information content (AvgIpc) is 3.65. The van der Waals surface area contributed by atoms with Crippen molar-refractivity contribution in [2.75, 3.05) is 34.2 Å². The van der Waals surface area contributed by atoms with Crippen LogP contribution < -0.4 is 18.9 Å². The second-order valence-corrected chi connectivity index (χ2v) is 11.3. The largest absolute Gasteiger partial charge is 0.502 e. The summed E-state index contributed by atoms with van der Waals surface area (Å²) in [6.45, 7) is 2.14. The Morgan fingerprint density at radius 2 is 1.60 bits per heavy atom. The van der Waals surface area contributed by atoms with Crippen molar-refractivity contribution in [3.05, 3.63) is 41.0 Å². The molecule has 0 radical (unpaired) electrons. The predicted octanol–water partition coefficient (Wildman–Crippen LogP) is 1.73. The molecule has 0 saturated carbocycles. The topological polar surface area (TPSA) is 161 Å². The van der Waals surface area contributed by atoms with Crippen LogP contribution in [0.5, 0.6) is 28.7 Å². The second kappa shape index (κ2) is 11.0. The number of carbonyl (C=O) groups is 1. The Balaban J connectivity index is 1.30. The van der Waals surface area contributed by atoms with E-state index in [0.717, 1.165) is 0 Å². The van der Waals surface area contributed by atoms with Crippen molar-refractivity contribution in [2.45, 2.75) is 62.4 Å². The first kappa shape index (κ1) is 28.4. The Bertz CT molecular complexity index is 1370. The van der Waals surface area contributed by atoms with E-state index >= 15 is 0 Å². The van der Waals surface area contributed by atoms with Gasteiger partial charge in [-0.05, 0) is 47.4 Å². The number of ether oxygens (including phenoxy) is 9. The minimum atomic E-state index is -1.44. The van der Waals surface area contributed by atoms with Crippen molar-refractivity contribution in [3.63, 3.8) is 0 Å². The number of aliphatic hydroxyl groups is 2. The molecule has 0 bridgehead atoms. The molecule has 1 aliphatic carbocycles. The molecule has 13 nitrogen and oxygen atoms in total. The third-order valence-corrected chi connectivity index (χ3v) is 8.99. The molecule has 3 N–H and O–H groups in total. The number of esters is 1. The zero-order valence-corrected chi connectivity index (χ0v) is 23.8. The van der Waals surface area contributed by atoms with Crippen molar-refractivity contribution < 1.29 is 62.7 Å². The van der Waals surface area contributed by atoms with E-state index in [-0.39, 0.29) is 37.3 Å². The number of hydrogen-bond donors (Lipinski definition) is 3. The summed E-state index contributed by atoms with van der Waals surface area (Å²) in [5.74, 6) is -1.02. The number of methoxy groups -OCH3 is 2. The fourth-order valence-corrected chi connectivity index (χ4v) is 6.88. The maximum atomic E-state index is 13.4. The van der Waals surface area contributed by atoms with Gasteiger partial charge in [0.25, 0.3) is 0 Å². The SMILES string of the molecule is CC[C@@H]1OC[C@H]2O[C@@H](O[C@@H]3c4cc5c(cc4[C@@H](c4cc(OC)c(O)c(OC)c4)[C@H]4C(=O)OC[C@@H]43)OCO5)[C@H](O)[C@@H](O)[C@@H]2O1. The summed E-state index contributed by atoms with van der Waals surface area (Å²) >= 11 is 0. The van der Waals surface area contributed by atoms with Gasteiger partial charge < -0.3 is 58.0 Å². The molecule has 13 heteroatoms. The minimum Gasteiger partial charge on any atom is -0.502 e. The fraction of sp³-hybridized carbons (Fsp3) is 0.567. The lowest BCUT2D eigenvalue weighted by Gasteiger charge is -2.48. The summed E-state index contributed by atoms with van der Waals surface area (Å²) in [6, 6.07) is 6.94. The van der Waals surface area contributed by atoms with Gasteiger partial charge in [-0.1, -0.05) is 6.92 Å². The fourth-order valence-electron chi connectivity index (χ4n) is 6.88. The van der Waals surface area contributed by atoms with Crippen LogP contribution >= 0.6 is 0 Å². The lowest BCUT2D eigenvalue weighted by atomic mass is 9.66. The summed E-state index contributed by atoms with van der Waals surface area (Å²) in [6.07, 6.45) is -6.16. The minimum absolute atomic E-state index is 0.0304. The summed E-state index contributed by atoms with van der Waals surface area (Å²) in [5.41, 5.74) is 2.02. The van der Waals surface area contributed by atoms with Crippen molar-refractivity contribution in [1.82, 2.24) is 0 Å². The van der Waals surface area contributed by atoms with Crippen LogP contribution in [0.3, 0.4) is 0 Å². The number of carbonyl (C=O) groups excluding carboxylic acids is 1. The number of fused-ring (bicyclic) bond motifs is 4. The third kappa shape index (κ3) is 4.57. The highest BCUT2D eigenvalue weighted by Crippen LogP contribution is 2.57. The molecule has 3 saturated heterocycles. The van der Waals surface area contributed by atoms with Crippen molar-refractivity contribution in [2.24, 2.45) is 11.8 Å². The quantitative estimate of drug-likeness (QED) is 0.411. The van der Waals surface area contributed by atoms with Gasteiger partial charge >= 0.3 is 5.97 Å². The van der Waals surface area contributed by atoms with Gasteiger partial charge in [-0.15, -0.1) is 0 Å². The van der Waals surface area contributed by atoms with E-state index in [9.17, 15) is 20.1 Å². The first-order chi connectivity index (χ1) is 20.8. The number of cyclic esters (lactones) is 1. The lowest BCUT2D eigenvalue weighted by Crippen LogP contribution is -2.63. The zero-order valence-electron chi connectivity index (χ0n) is 23.8. The maximum absolute atomic E-state index is 13.4. The Morgan fingerprint density at radius 1 is 0.907 bits per heavy atom. The molecular formula is C30H34O13. The molecule has 7 rings (SSSR count). The van der Waals surface area contributed by atoms with E-state index < -0.39 is 66.8 Å². The van der Waals surface area contributed by atoms with E-state index in [0.29, 0.717) is 34.6 Å². The highest BCUT2D eigenvalue weighted by Gasteiger charge is 2.56. The van der Waals surface area contributed by atoms with E-state index in [1.165, 1.54) is 14.2 Å². The number of aromatic hydroxyl groups is 1. The summed E-state index contributed by atoms with van der Waals surface area (Å²) in [5, 5.41) is 32.7. The normalized spacial score (nSPS) is 35.9. The Kier molecular flexibility index (Phi) is 7.27. The maximum Gasteiger partial charge on any atom is 0.310 e. The molecular weight excluding hydrogens is 568 g/mol. The van der Waals surface area contributed by atoms with E-state index in [2.05, 4.69) is 0 Å². The van der Waals surface area contributed by atoms with Gasteiger partial charge in [0.1, 0.15) is 24.4 Å². The highest BCUT2D eigenvalue weighted by molar-refractivity contribution is 5.79. The molecule has 0 amide bonds. The van der Waals surface area contributed by atoms with Crippen LogP contribution in [0.1, 0.15) is 42.1 Å². The highest BCUT2D eigenvalue weighted by atomic mass is 16.8. The summed E-state index contributed by atoms with van der Waals surface area (Å²) in [4.78, 5) is 13.4. The summed E-state index contributed by atoms with van der Waals surface area (Å²) < 4.78 is 51.9. The van der Waals surface area contributed by atoms with E-state index in [4.69, 9.17) is 42.6 Å². The van der Waals surface area contributed by atoms with Crippen LogP contribution in [0.15, 0.2) is 24.3 Å². The van der Waals surface area contributed by atoms with Crippen LogP contribution in [0.4, 0.5) is 0 Å². The van der Waals surface area contributed by atoms with E-state index in [1.807, 2.05) is 13.0 Å². The molecule has 0 aromatic heterocycles. The zero-order chi connectivity index (χ0) is 30.0. The molecule has 43 heavy (non-hydrogen) atoms. The number of aliphatic hydroxyl groups excluding tert-OH is 2. The van der Waals surface area contributed by atoms with Crippen molar-refractivity contribution in [3.8, 4) is 28.7 Å². The van der Waals surface area contributed by atoms with Gasteiger partial charge in [-0.3, -0.25) is 4.79 Å². The van der Waals surface area contributed by atoms with Gasteiger partial charge in [-0.2, -0.15) is 0 Å². The van der Waals surface area contributed by atoms with Gasteiger partial charge in [0, 0.05) is 11.8 Å². The number of benzene rings is 2. The van der Waals surface area contributed by atoms with Crippen LogP contribution in [0, 0.1) is 11.8 Å². The first-order valence-corrected chi connectivity index (χ1v) is 14.3. The van der Waals surface area contributed by atoms with Crippen LogP contribution in [0.2, 0.25) is 0 Å². The Labute approximate surface area is 247 Å². The van der Waals surface area contributed by atoms with Gasteiger partial charge in [0.2, 0.25) is 12.5 Å². The average molecular weight is 603 g/mol. The van der Waals surface area contributed by atoms with E-state index in [1.54, 1.807) is 18.2 Å². The molecule has 4 aliphatic heterocycles. The molecule has 2 aromatic carbocycles. The Hall–Kier alpha value is -3.33. The molecule has 0 unspecified atom stereocenters. The monoisotopic (exact) mass is 602 g/mol. The third-order valence-electron chi connectivity index (χ3n) is 8.99. The predicted molar refractivity (Wildman–Crippen MR) is 143 cm³/mol. The number of hydrogen-bond acceptors (Lipinski definition) is 13. The van der Waals surface area contributed by atoms with Crippen molar-refractivity contribution in [1.29, 1.82) is 0 Å². The number of phenols is 1. The van der Waals surface area contributed by atoms with Crippen LogP contribution in [0.25, 0.3) is 0 Å². The van der Waals surface area contributed by atoms with Crippen LogP contribution in [-0.2, 0) is 28.5 Å². The molecule has 5 aliphatic rings. The Morgan fingerprint density at radius 3 is 2.28 bits per heavy atom. The smallest absolute Gasteiger partial charge is 0.310 e. The second-order valence-electron chi connectivity index (χ2n) is 11.3. The molecule has 0 spiro atoms. The summed E-state index contributed by atoms with van der Waals surface area (Å²) in [7, 11) is 2.86. The van der Waals surface area contributed by atoms with Gasteiger partial charge in [-0.25, -0.2) is 0 Å². The van der Waals surface area contributed by atoms with Crippen molar-refractivity contribution >= 4 is 5.97 Å². The number of rotatable bonds is 6. The lowest BCUT2D eigenvalue weighted by molar-refractivity contribution is -0.367. The van der Waals surface area contributed by atoms with Crippen LogP contribution in [-0.4, -0.2) is 92.5 Å². The molecule has 4 heterocycles. The first-order valence-electron chi connectivity index (χ1n) is 14.3.